The van der Waals surface area contributed by atoms with Gasteiger partial charge in [-0.15, -0.1) is 23.5 Å². The lowest BCUT2D eigenvalue weighted by Gasteiger charge is -2.14. The third-order valence-corrected chi connectivity index (χ3v) is 8.44. The lowest BCUT2D eigenvalue weighted by Crippen LogP contribution is -2.24. The van der Waals surface area contributed by atoms with Gasteiger partial charge in [0.2, 0.25) is 0 Å². The summed E-state index contributed by atoms with van der Waals surface area (Å²) in [5.74, 6) is 6.23. The van der Waals surface area contributed by atoms with Crippen molar-refractivity contribution in [1.82, 2.24) is 9.80 Å². The third-order valence-electron chi connectivity index (χ3n) is 4.19. The first-order valence-corrected chi connectivity index (χ1v) is 14.6. The summed E-state index contributed by atoms with van der Waals surface area (Å²) in [6.45, 7) is 0. The van der Waals surface area contributed by atoms with E-state index in [1.807, 2.05) is 87.7 Å². The molecule has 0 saturated heterocycles. The summed E-state index contributed by atoms with van der Waals surface area (Å²) in [6, 6.07) is 16.3. The van der Waals surface area contributed by atoms with E-state index in [0.29, 0.717) is 10.3 Å². The van der Waals surface area contributed by atoms with Crippen molar-refractivity contribution < 1.29 is 9.47 Å². The molecular formula is C24H32N2O2S5. The van der Waals surface area contributed by atoms with Crippen LogP contribution in [0.3, 0.4) is 0 Å². The predicted molar refractivity (Wildman–Crippen MR) is 155 cm³/mol. The number of hydrogen-bond acceptors (Lipinski definition) is 7. The summed E-state index contributed by atoms with van der Waals surface area (Å²) in [6.07, 6.45) is 2.42. The number of ether oxygens (including phenoxy) is 2. The van der Waals surface area contributed by atoms with Crippen LogP contribution in [0.15, 0.2) is 58.3 Å². The Hall–Kier alpha value is -1.13. The number of thiocarbonyl (C=S) groups is 2. The topological polar surface area (TPSA) is 24.9 Å². The Morgan fingerprint density at radius 2 is 1.00 bits per heavy atom. The van der Waals surface area contributed by atoms with Gasteiger partial charge in [-0.2, -0.15) is 11.8 Å². The largest absolute Gasteiger partial charge is 0.432 e. The van der Waals surface area contributed by atoms with E-state index in [-0.39, 0.29) is 0 Å². The highest BCUT2D eigenvalue weighted by atomic mass is 32.2. The molecule has 0 N–H and O–H groups in total. The maximum absolute atomic E-state index is 5.61. The van der Waals surface area contributed by atoms with E-state index in [1.165, 1.54) is 34.1 Å². The first-order valence-electron chi connectivity index (χ1n) is 10.7. The zero-order valence-electron chi connectivity index (χ0n) is 19.6. The molecule has 33 heavy (non-hydrogen) atoms. The molecule has 0 saturated carbocycles. The number of thioether (sulfide) groups is 3. The van der Waals surface area contributed by atoms with E-state index in [0.717, 1.165) is 23.0 Å². The SMILES string of the molecule is CN(C)C(=S)Oc1ccc(SCCCSCCCSc2ccc(OC(=S)N(C)C)cc2)cc1. The van der Waals surface area contributed by atoms with Crippen LogP contribution >= 0.6 is 59.7 Å². The fourth-order valence-electron chi connectivity index (χ4n) is 2.40. The second-order valence-electron chi connectivity index (χ2n) is 7.48. The standard InChI is InChI=1S/C24H32N2O2S5/c1-25(2)23(29)27-19-7-11-21(12-8-19)32-17-5-15-31-16-6-18-33-22-13-9-20(10-14-22)28-24(30)26(3)4/h7-14H,5-6,15-18H2,1-4H3. The van der Waals surface area contributed by atoms with Crippen molar-refractivity contribution in [2.24, 2.45) is 0 Å². The lowest BCUT2D eigenvalue weighted by molar-refractivity contribution is 0.449. The maximum atomic E-state index is 5.61. The highest BCUT2D eigenvalue weighted by Gasteiger charge is 2.04. The Morgan fingerprint density at radius 3 is 1.33 bits per heavy atom. The molecule has 0 unspecified atom stereocenters. The van der Waals surface area contributed by atoms with Gasteiger partial charge in [0.05, 0.1) is 0 Å². The molecule has 0 atom stereocenters. The highest BCUT2D eigenvalue weighted by molar-refractivity contribution is 8.00. The average molecular weight is 541 g/mol. The molecule has 0 amide bonds. The van der Waals surface area contributed by atoms with Crippen molar-refractivity contribution in [3.63, 3.8) is 0 Å². The van der Waals surface area contributed by atoms with E-state index in [9.17, 15) is 0 Å². The molecule has 9 heteroatoms. The Labute approximate surface area is 222 Å². The van der Waals surface area contributed by atoms with Crippen LogP contribution in [0.5, 0.6) is 11.5 Å². The van der Waals surface area contributed by atoms with Crippen molar-refractivity contribution in [2.75, 3.05) is 51.2 Å². The minimum Gasteiger partial charge on any atom is -0.432 e. The molecule has 4 nitrogen and oxygen atoms in total. The van der Waals surface area contributed by atoms with Gasteiger partial charge in [0, 0.05) is 38.0 Å². The summed E-state index contributed by atoms with van der Waals surface area (Å²) in [4.78, 5) is 6.09. The van der Waals surface area contributed by atoms with Crippen LogP contribution in [-0.2, 0) is 0 Å². The van der Waals surface area contributed by atoms with E-state index in [2.05, 4.69) is 24.3 Å². The van der Waals surface area contributed by atoms with Crippen molar-refractivity contribution >= 4 is 70.1 Å². The Balaban J connectivity index is 1.50. The molecule has 0 fully saturated rings. The van der Waals surface area contributed by atoms with Gasteiger partial charge < -0.3 is 19.3 Å². The maximum Gasteiger partial charge on any atom is 0.264 e. The smallest absolute Gasteiger partial charge is 0.264 e. The van der Waals surface area contributed by atoms with Crippen LogP contribution in [0, 0.1) is 0 Å². The van der Waals surface area contributed by atoms with Crippen LogP contribution < -0.4 is 9.47 Å². The van der Waals surface area contributed by atoms with Gasteiger partial charge in [-0.1, -0.05) is 0 Å². The molecule has 2 aromatic carbocycles. The zero-order valence-corrected chi connectivity index (χ0v) is 23.7. The second-order valence-corrected chi connectivity index (χ2v) is 11.7. The molecule has 2 aromatic rings. The van der Waals surface area contributed by atoms with Crippen molar-refractivity contribution in [3.05, 3.63) is 48.5 Å². The monoisotopic (exact) mass is 540 g/mol. The number of hydrogen-bond donors (Lipinski definition) is 0. The average Bonchev–Trinajstić information content (AvgIpc) is 2.79. The molecule has 0 aliphatic rings. The normalized spacial score (nSPS) is 10.5. The molecule has 0 bridgehead atoms. The van der Waals surface area contributed by atoms with Gasteiger partial charge in [0.25, 0.3) is 10.3 Å². The molecule has 0 aromatic heterocycles. The zero-order chi connectivity index (χ0) is 24.1. The van der Waals surface area contributed by atoms with Crippen LogP contribution in [0.4, 0.5) is 0 Å². The molecule has 0 heterocycles. The quantitative estimate of drug-likeness (QED) is 0.169. The molecule has 0 spiro atoms. The van der Waals surface area contributed by atoms with Crippen LogP contribution in [0.1, 0.15) is 12.8 Å². The summed E-state index contributed by atoms with van der Waals surface area (Å²) < 4.78 is 11.2. The van der Waals surface area contributed by atoms with Crippen molar-refractivity contribution in [2.45, 2.75) is 22.6 Å². The first-order chi connectivity index (χ1) is 15.8. The number of nitrogens with zero attached hydrogens (tertiary/aromatic N) is 2. The number of benzene rings is 2. The van der Waals surface area contributed by atoms with Gasteiger partial charge in [0.15, 0.2) is 0 Å². The third kappa shape index (κ3) is 11.7. The van der Waals surface area contributed by atoms with Gasteiger partial charge in [-0.25, -0.2) is 0 Å². The van der Waals surface area contributed by atoms with E-state index in [4.69, 9.17) is 33.9 Å². The minimum absolute atomic E-state index is 0.471. The fraction of sp³-hybridized carbons (Fsp3) is 0.417. The molecule has 180 valence electrons. The van der Waals surface area contributed by atoms with E-state index in [1.54, 1.807) is 9.80 Å². The first kappa shape index (κ1) is 28.1. The Bertz CT molecular complexity index is 787. The predicted octanol–water partition coefficient (Wildman–Crippen LogP) is 6.54. The minimum atomic E-state index is 0.471. The Kier molecular flexibility index (Phi) is 13.4. The van der Waals surface area contributed by atoms with Crippen molar-refractivity contribution in [1.29, 1.82) is 0 Å². The van der Waals surface area contributed by atoms with Gasteiger partial charge in [0.1, 0.15) is 11.5 Å². The molecule has 2 rings (SSSR count). The van der Waals surface area contributed by atoms with Crippen LogP contribution in [0.2, 0.25) is 0 Å². The second kappa shape index (κ2) is 15.7. The fourth-order valence-corrected chi connectivity index (χ4v) is 5.56. The van der Waals surface area contributed by atoms with Gasteiger partial charge in [-0.05, 0) is 109 Å². The number of rotatable bonds is 12. The van der Waals surface area contributed by atoms with Gasteiger partial charge >= 0.3 is 0 Å². The summed E-state index contributed by atoms with van der Waals surface area (Å²) >= 11 is 16.1. The molecule has 0 aliphatic carbocycles. The lowest BCUT2D eigenvalue weighted by atomic mass is 10.3. The van der Waals surface area contributed by atoms with Crippen LogP contribution in [-0.4, -0.2) is 71.4 Å². The van der Waals surface area contributed by atoms with E-state index < -0.39 is 0 Å². The van der Waals surface area contributed by atoms with Gasteiger partial charge in [-0.3, -0.25) is 0 Å². The van der Waals surface area contributed by atoms with E-state index >= 15 is 0 Å². The summed E-state index contributed by atoms with van der Waals surface area (Å²) in [5.41, 5.74) is 0. The summed E-state index contributed by atoms with van der Waals surface area (Å²) in [5, 5.41) is 0.943. The van der Waals surface area contributed by atoms with Crippen LogP contribution in [0.25, 0.3) is 0 Å². The summed E-state index contributed by atoms with van der Waals surface area (Å²) in [7, 11) is 7.51. The highest BCUT2D eigenvalue weighted by Crippen LogP contribution is 2.24. The molecule has 0 radical (unpaired) electrons. The van der Waals surface area contributed by atoms with Crippen molar-refractivity contribution in [3.8, 4) is 11.5 Å². The molecular weight excluding hydrogens is 509 g/mol. The molecule has 0 aliphatic heterocycles. The Morgan fingerprint density at radius 1 is 0.636 bits per heavy atom.